The van der Waals surface area contributed by atoms with Crippen LogP contribution in [0.4, 0.5) is 4.39 Å². The Kier molecular flexibility index (Phi) is 1.27. The van der Waals surface area contributed by atoms with Crippen LogP contribution in [0.5, 0.6) is 0 Å². The van der Waals surface area contributed by atoms with Gasteiger partial charge in [-0.25, -0.2) is 4.39 Å². The normalized spacial score (nSPS) is 56.5. The molecule has 2 atom stereocenters. The summed E-state index contributed by atoms with van der Waals surface area (Å²) in [6, 6.07) is 0. The van der Waals surface area contributed by atoms with Crippen molar-refractivity contribution < 1.29 is 11.2 Å². The zero-order valence-electron chi connectivity index (χ0n) is 13.2. The summed E-state index contributed by atoms with van der Waals surface area (Å²) in [5.41, 5.74) is -1.18. The highest BCUT2D eigenvalue weighted by Gasteiger charge is 2.48. The second-order valence-corrected chi connectivity index (χ2v) is 4.27. The molecule has 2 heteroatoms. The van der Waals surface area contributed by atoms with Crippen molar-refractivity contribution in [2.24, 2.45) is 5.92 Å². The van der Waals surface area contributed by atoms with Gasteiger partial charge in [0.15, 0.2) is 0 Å². The molecule has 0 amide bonds. The van der Waals surface area contributed by atoms with Gasteiger partial charge in [0, 0.05) is 17.6 Å². The molecule has 2 rings (SSSR count). The van der Waals surface area contributed by atoms with Crippen molar-refractivity contribution >= 4 is 0 Å². The lowest BCUT2D eigenvalue weighted by atomic mass is 9.85. The molecule has 0 unspecified atom stereocenters. The van der Waals surface area contributed by atoms with Crippen LogP contribution >= 0.6 is 0 Å². The van der Waals surface area contributed by atoms with Gasteiger partial charge in [0.05, 0.1) is 1.37 Å². The number of alkyl halides is 1. The second-order valence-electron chi connectivity index (χ2n) is 4.27. The number of hydrogen-bond acceptors (Lipinski definition) is 1. The summed E-state index contributed by atoms with van der Waals surface area (Å²) in [5, 5.41) is 0. The minimum Gasteiger partial charge on any atom is -0.295 e. The first kappa shape index (κ1) is 5.11. The third-order valence-electron chi connectivity index (χ3n) is 2.73. The largest absolute Gasteiger partial charge is 0.295 e. The molecule has 2 fully saturated rings. The van der Waals surface area contributed by atoms with Crippen LogP contribution in [-0.2, 0) is 0 Å². The molecule has 0 bridgehead atoms. The molecule has 0 aromatic rings. The fourth-order valence-corrected chi connectivity index (χ4v) is 2.36. The smallest absolute Gasteiger partial charge is 0.115 e. The monoisotopic (exact) mass is 190 g/mol. The van der Waals surface area contributed by atoms with Gasteiger partial charge in [-0.3, -0.25) is 4.90 Å². The zero-order valence-corrected chi connectivity index (χ0v) is 8.23. The summed E-state index contributed by atoms with van der Waals surface area (Å²) < 4.78 is 53.9. The van der Waals surface area contributed by atoms with E-state index in [4.69, 9.17) is 6.85 Å². The first-order valence-electron chi connectivity index (χ1n) is 7.41. The molecule has 0 saturated carbocycles. The highest BCUT2D eigenvalue weighted by molar-refractivity contribution is 5.03. The number of rotatable bonds is 2. The molecule has 0 aromatic carbocycles. The van der Waals surface area contributed by atoms with Crippen molar-refractivity contribution in [1.82, 2.24) is 4.90 Å². The lowest BCUT2D eigenvalue weighted by molar-refractivity contribution is 0.163. The minimum atomic E-state index is -2.25. The van der Waals surface area contributed by atoms with Crippen molar-refractivity contribution in [3.63, 3.8) is 0 Å². The minimum absolute atomic E-state index is 0.204. The Morgan fingerprint density at radius 3 is 3.31 bits per heavy atom. The molecule has 1 nitrogen and oxygen atoms in total. The van der Waals surface area contributed by atoms with Gasteiger partial charge in [0.1, 0.15) is 6.15 Å². The third kappa shape index (κ3) is 1.61. The van der Waals surface area contributed by atoms with Crippen molar-refractivity contribution in [1.29, 1.82) is 0 Å². The average molecular weight is 190 g/mol. The van der Waals surface area contributed by atoms with E-state index in [1.807, 2.05) is 0 Å². The Balaban J connectivity index is 2.47. The summed E-state index contributed by atoms with van der Waals surface area (Å²) in [6.07, 6.45) is -3.72. The van der Waals surface area contributed by atoms with Gasteiger partial charge >= 0.3 is 0 Å². The Labute approximate surface area is 87.3 Å². The standard InChI is InChI=1S/C11H20FN/c1-9(2)6-11-4-3-5-13(11)8-10(12)7-11/h9-10H,3-8H2,1-2H3/t10-,11+/m0/s1/i5D2,6D2,10D. The average Bonchev–Trinajstić information content (AvgIpc) is 2.60. The molecule has 2 saturated heterocycles. The van der Waals surface area contributed by atoms with Crippen LogP contribution in [0.15, 0.2) is 0 Å². The van der Waals surface area contributed by atoms with Crippen LogP contribution < -0.4 is 0 Å². The highest BCUT2D eigenvalue weighted by atomic mass is 19.1. The molecule has 0 spiro atoms. The topological polar surface area (TPSA) is 3.24 Å². The van der Waals surface area contributed by atoms with Crippen LogP contribution in [0.3, 0.4) is 0 Å². The van der Waals surface area contributed by atoms with Crippen LogP contribution in [-0.4, -0.2) is 29.6 Å². The maximum absolute atomic E-state index is 14.0. The van der Waals surface area contributed by atoms with Gasteiger partial charge in [-0.1, -0.05) is 13.8 Å². The van der Waals surface area contributed by atoms with Gasteiger partial charge in [-0.05, 0) is 38.1 Å². The first-order chi connectivity index (χ1) is 7.95. The molecule has 0 N–H and O–H groups in total. The third-order valence-corrected chi connectivity index (χ3v) is 2.73. The van der Waals surface area contributed by atoms with Crippen molar-refractivity contribution in [3.8, 4) is 0 Å². The summed E-state index contributed by atoms with van der Waals surface area (Å²) in [4.78, 5) is 1.27. The van der Waals surface area contributed by atoms with Crippen LogP contribution in [0.2, 0.25) is 0 Å². The van der Waals surface area contributed by atoms with E-state index in [1.165, 1.54) is 4.90 Å². The number of halogens is 1. The summed E-state index contributed by atoms with van der Waals surface area (Å²) >= 11 is 0. The van der Waals surface area contributed by atoms with E-state index in [2.05, 4.69) is 0 Å². The van der Waals surface area contributed by atoms with E-state index in [9.17, 15) is 4.39 Å². The fourth-order valence-electron chi connectivity index (χ4n) is 2.36. The molecule has 13 heavy (non-hydrogen) atoms. The molecular weight excluding hydrogens is 165 g/mol. The predicted molar refractivity (Wildman–Crippen MR) is 52.5 cm³/mol. The number of fused-ring (bicyclic) bond motifs is 1. The molecule has 0 aromatic heterocycles. The number of nitrogens with zero attached hydrogens (tertiary/aromatic N) is 1. The highest BCUT2D eigenvalue weighted by Crippen LogP contribution is 2.43. The number of hydrogen-bond donors (Lipinski definition) is 0. The Morgan fingerprint density at radius 1 is 1.85 bits per heavy atom. The predicted octanol–water partition coefficient (Wildman–Crippen LogP) is 2.61. The molecule has 0 radical (unpaired) electrons. The summed E-state index contributed by atoms with van der Waals surface area (Å²) in [5.74, 6) is -0.345. The maximum Gasteiger partial charge on any atom is 0.115 e. The quantitative estimate of drug-likeness (QED) is 0.647. The first-order valence-corrected chi connectivity index (χ1v) is 4.91. The second kappa shape index (κ2) is 3.23. The van der Waals surface area contributed by atoms with Crippen molar-refractivity contribution in [3.05, 3.63) is 0 Å². The van der Waals surface area contributed by atoms with Gasteiger partial charge in [-0.15, -0.1) is 0 Å². The SMILES string of the molecule is [2H]C1([2H])CC[C@@]2(C([2H])([2H])C(C)C)C[C@]([2H])(F)CN12. The molecule has 2 heterocycles. The summed E-state index contributed by atoms with van der Waals surface area (Å²) in [6.45, 7) is 1.40. The Bertz CT molecular complexity index is 357. The van der Waals surface area contributed by atoms with Crippen molar-refractivity contribution in [2.45, 2.75) is 51.2 Å². The van der Waals surface area contributed by atoms with E-state index in [1.54, 1.807) is 13.8 Å². The molecule has 76 valence electrons. The van der Waals surface area contributed by atoms with E-state index in [0.717, 1.165) is 0 Å². The van der Waals surface area contributed by atoms with Gasteiger partial charge < -0.3 is 0 Å². The fraction of sp³-hybridized carbons (Fsp3) is 1.00. The maximum atomic E-state index is 14.0. The van der Waals surface area contributed by atoms with E-state index in [0.29, 0.717) is 0 Å². The van der Waals surface area contributed by atoms with Gasteiger partial charge in [0.25, 0.3) is 0 Å². The van der Waals surface area contributed by atoms with Gasteiger partial charge in [0.2, 0.25) is 0 Å². The van der Waals surface area contributed by atoms with Crippen LogP contribution in [0.1, 0.15) is 46.3 Å². The molecular formula is C11H20FN. The Hall–Kier alpha value is -0.110. The summed E-state index contributed by atoms with van der Waals surface area (Å²) in [7, 11) is 0. The van der Waals surface area contributed by atoms with Crippen molar-refractivity contribution in [2.75, 3.05) is 13.0 Å². The van der Waals surface area contributed by atoms with Gasteiger partial charge in [-0.2, -0.15) is 0 Å². The zero-order chi connectivity index (χ0) is 14.0. The van der Waals surface area contributed by atoms with E-state index >= 15 is 0 Å². The van der Waals surface area contributed by atoms with E-state index in [-0.39, 0.29) is 31.7 Å². The molecule has 0 aliphatic carbocycles. The Morgan fingerprint density at radius 2 is 2.62 bits per heavy atom. The molecule has 2 aliphatic heterocycles. The van der Waals surface area contributed by atoms with Crippen LogP contribution in [0, 0.1) is 5.92 Å². The van der Waals surface area contributed by atoms with E-state index < -0.39 is 24.6 Å². The van der Waals surface area contributed by atoms with Crippen LogP contribution in [0.25, 0.3) is 0 Å². The molecule has 2 aliphatic rings. The lowest BCUT2D eigenvalue weighted by Gasteiger charge is -2.33. The lowest BCUT2D eigenvalue weighted by Crippen LogP contribution is -2.39.